The topological polar surface area (TPSA) is 27.7 Å². The van der Waals surface area contributed by atoms with E-state index in [4.69, 9.17) is 12.3 Å². The lowest BCUT2D eigenvalue weighted by Gasteiger charge is -2.41. The van der Waals surface area contributed by atoms with E-state index < -0.39 is 33.8 Å². The normalized spacial score (nSPS) is 17.1. The Bertz CT molecular complexity index is 302. The van der Waals surface area contributed by atoms with Crippen LogP contribution < -0.4 is 0 Å². The lowest BCUT2D eigenvalue weighted by Crippen LogP contribution is -2.57. The molecule has 0 spiro atoms. The average molecular weight is 353 g/mol. The predicted molar refractivity (Wildman–Crippen MR) is 98.8 cm³/mol. The van der Waals surface area contributed by atoms with Crippen LogP contribution in [0.4, 0.5) is 0 Å². The van der Waals surface area contributed by atoms with E-state index in [2.05, 4.69) is 66.2 Å². The molecule has 0 bridgehead atoms. The molecule has 0 aromatic heterocycles. The second-order valence-electron chi connectivity index (χ2n) is 7.82. The smallest absolute Gasteiger partial charge is 0.315 e. The molecular weight excluding hydrogens is 316 g/mol. The van der Waals surface area contributed by atoms with Gasteiger partial charge >= 0.3 is 17.1 Å². The summed E-state index contributed by atoms with van der Waals surface area (Å²) >= 11 is 0. The molecule has 0 N–H and O–H groups in total. The molecular formula is C13H36O3Si4. The van der Waals surface area contributed by atoms with Gasteiger partial charge in [0.05, 0.1) is 0 Å². The van der Waals surface area contributed by atoms with E-state index in [0.717, 1.165) is 6.04 Å². The van der Waals surface area contributed by atoms with Crippen LogP contribution in [0.3, 0.4) is 0 Å². The largest absolute Gasteiger partial charge is 0.437 e. The van der Waals surface area contributed by atoms with Crippen molar-refractivity contribution in [3.05, 3.63) is 0 Å². The van der Waals surface area contributed by atoms with Crippen LogP contribution >= 0.6 is 0 Å². The molecule has 1 atom stereocenters. The van der Waals surface area contributed by atoms with Crippen LogP contribution in [-0.4, -0.2) is 33.8 Å². The van der Waals surface area contributed by atoms with Crippen LogP contribution in [0.15, 0.2) is 0 Å². The third kappa shape index (κ3) is 8.91. The van der Waals surface area contributed by atoms with E-state index >= 15 is 0 Å². The van der Waals surface area contributed by atoms with E-state index in [1.807, 2.05) is 0 Å². The van der Waals surface area contributed by atoms with Gasteiger partial charge in [0.2, 0.25) is 0 Å². The fourth-order valence-electron chi connectivity index (χ4n) is 2.68. The highest BCUT2D eigenvalue weighted by molar-refractivity contribution is 6.89. The van der Waals surface area contributed by atoms with Crippen LogP contribution in [0.25, 0.3) is 0 Å². The highest BCUT2D eigenvalue weighted by Gasteiger charge is 2.44. The molecule has 3 nitrogen and oxygen atoms in total. The van der Waals surface area contributed by atoms with Gasteiger partial charge in [-0.05, 0) is 64.5 Å². The third-order valence-electron chi connectivity index (χ3n) is 3.00. The van der Waals surface area contributed by atoms with Gasteiger partial charge in [-0.1, -0.05) is 20.3 Å². The van der Waals surface area contributed by atoms with E-state index in [9.17, 15) is 0 Å². The molecule has 0 amide bonds. The summed E-state index contributed by atoms with van der Waals surface area (Å²) in [6.07, 6.45) is 1.19. The molecule has 0 saturated carbocycles. The van der Waals surface area contributed by atoms with Crippen LogP contribution in [0, 0.1) is 0 Å². The Balaban J connectivity index is 4.89. The maximum absolute atomic E-state index is 6.59. The summed E-state index contributed by atoms with van der Waals surface area (Å²) in [5.41, 5.74) is 0. The first-order valence-corrected chi connectivity index (χ1v) is 19.7. The summed E-state index contributed by atoms with van der Waals surface area (Å²) in [5.74, 6) is 0. The van der Waals surface area contributed by atoms with Crippen molar-refractivity contribution in [2.75, 3.05) is 0 Å². The zero-order chi connectivity index (χ0) is 16.2. The fourth-order valence-corrected chi connectivity index (χ4v) is 21.3. The summed E-state index contributed by atoms with van der Waals surface area (Å²) in [7, 11) is -7.38. The lowest BCUT2D eigenvalue weighted by molar-refractivity contribution is 0.323. The third-order valence-corrected chi connectivity index (χ3v) is 18.0. The van der Waals surface area contributed by atoms with Crippen LogP contribution in [0.5, 0.6) is 0 Å². The van der Waals surface area contributed by atoms with Gasteiger partial charge in [0.1, 0.15) is 0 Å². The standard InChI is InChI=1S/C13H36O3Si4/c1-11-13-18(6,7)15-20(10,12-2)16-19(8,9)14-17(3,4)5/h11-13H2,1-10H3. The van der Waals surface area contributed by atoms with Gasteiger partial charge in [0.25, 0.3) is 0 Å². The summed E-state index contributed by atoms with van der Waals surface area (Å²) in [6, 6.07) is 2.20. The van der Waals surface area contributed by atoms with Crippen LogP contribution in [0.2, 0.25) is 64.5 Å². The monoisotopic (exact) mass is 352 g/mol. The average Bonchev–Trinajstić information content (AvgIpc) is 2.10. The van der Waals surface area contributed by atoms with Crippen LogP contribution in [0.1, 0.15) is 20.3 Å². The summed E-state index contributed by atoms with van der Waals surface area (Å²) in [4.78, 5) is 0. The van der Waals surface area contributed by atoms with Crippen molar-refractivity contribution in [1.29, 1.82) is 0 Å². The molecule has 20 heavy (non-hydrogen) atoms. The minimum atomic E-state index is -2.11. The van der Waals surface area contributed by atoms with Gasteiger partial charge in [-0.15, -0.1) is 0 Å². The summed E-state index contributed by atoms with van der Waals surface area (Å²) in [6.45, 7) is 22.3. The molecule has 0 aromatic rings. The summed E-state index contributed by atoms with van der Waals surface area (Å²) < 4.78 is 19.4. The second-order valence-corrected chi connectivity index (χ2v) is 24.3. The number of rotatable bonds is 9. The van der Waals surface area contributed by atoms with Gasteiger partial charge in [0, 0.05) is 0 Å². The Morgan fingerprint density at radius 1 is 0.700 bits per heavy atom. The van der Waals surface area contributed by atoms with E-state index in [1.165, 1.54) is 12.5 Å². The van der Waals surface area contributed by atoms with Crippen molar-refractivity contribution in [2.45, 2.75) is 84.7 Å². The molecule has 1 unspecified atom stereocenters. The molecule has 0 rings (SSSR count). The van der Waals surface area contributed by atoms with Crippen molar-refractivity contribution < 1.29 is 12.3 Å². The Labute approximate surface area is 131 Å². The van der Waals surface area contributed by atoms with Crippen molar-refractivity contribution in [3.8, 4) is 0 Å². The molecule has 7 heteroatoms. The molecule has 0 aliphatic heterocycles. The molecule has 0 radical (unpaired) electrons. The van der Waals surface area contributed by atoms with E-state index in [-0.39, 0.29) is 0 Å². The fraction of sp³-hybridized carbons (Fsp3) is 1.00. The zero-order valence-electron chi connectivity index (χ0n) is 15.3. The first-order valence-electron chi connectivity index (χ1n) is 7.85. The highest BCUT2D eigenvalue weighted by Crippen LogP contribution is 2.28. The van der Waals surface area contributed by atoms with Gasteiger partial charge in [-0.25, -0.2) is 0 Å². The lowest BCUT2D eigenvalue weighted by atomic mass is 10.6. The Morgan fingerprint density at radius 2 is 1.20 bits per heavy atom. The molecule has 0 saturated heterocycles. The first-order chi connectivity index (χ1) is 8.74. The number of hydrogen-bond donors (Lipinski definition) is 0. The Morgan fingerprint density at radius 3 is 1.55 bits per heavy atom. The van der Waals surface area contributed by atoms with E-state index in [0.29, 0.717) is 0 Å². The minimum absolute atomic E-state index is 0.999. The summed E-state index contributed by atoms with van der Waals surface area (Å²) in [5, 5.41) is 0. The van der Waals surface area contributed by atoms with Crippen molar-refractivity contribution in [2.24, 2.45) is 0 Å². The molecule has 122 valence electrons. The molecule has 0 aliphatic carbocycles. The molecule has 0 heterocycles. The maximum Gasteiger partial charge on any atom is 0.315 e. The first kappa shape index (κ1) is 20.7. The van der Waals surface area contributed by atoms with Gasteiger partial charge < -0.3 is 12.3 Å². The Hall–Kier alpha value is 0.748. The number of hydrogen-bond acceptors (Lipinski definition) is 3. The van der Waals surface area contributed by atoms with Gasteiger partial charge in [0.15, 0.2) is 16.6 Å². The van der Waals surface area contributed by atoms with E-state index in [1.54, 1.807) is 0 Å². The highest BCUT2D eigenvalue weighted by atomic mass is 28.5. The molecule has 0 aromatic carbocycles. The van der Waals surface area contributed by atoms with Crippen molar-refractivity contribution in [3.63, 3.8) is 0 Å². The molecule has 0 fully saturated rings. The minimum Gasteiger partial charge on any atom is -0.437 e. The predicted octanol–water partition coefficient (Wildman–Crippen LogP) is 5.28. The maximum atomic E-state index is 6.59. The molecule has 0 aliphatic rings. The zero-order valence-corrected chi connectivity index (χ0v) is 19.3. The van der Waals surface area contributed by atoms with Crippen LogP contribution in [-0.2, 0) is 12.3 Å². The van der Waals surface area contributed by atoms with Gasteiger partial charge in [-0.2, -0.15) is 0 Å². The van der Waals surface area contributed by atoms with Crippen molar-refractivity contribution in [1.82, 2.24) is 0 Å². The second kappa shape index (κ2) is 7.34. The van der Waals surface area contributed by atoms with Crippen molar-refractivity contribution >= 4 is 33.8 Å². The SMILES string of the molecule is CCC[Si](C)(C)O[Si](C)(CC)O[Si](C)(C)O[Si](C)(C)C. The Kier molecular flexibility index (Phi) is 7.62. The van der Waals surface area contributed by atoms with Gasteiger partial charge in [-0.3, -0.25) is 0 Å². The quantitative estimate of drug-likeness (QED) is 0.528.